The average molecular weight is 416 g/mol. The van der Waals surface area contributed by atoms with Crippen LogP contribution in [0, 0.1) is 11.3 Å². The molecule has 1 N–H and O–H groups in total. The highest BCUT2D eigenvalue weighted by Crippen LogP contribution is 2.37. The molecule has 0 saturated heterocycles. The van der Waals surface area contributed by atoms with Crippen LogP contribution in [-0.2, 0) is 11.2 Å². The smallest absolute Gasteiger partial charge is 0.303 e. The van der Waals surface area contributed by atoms with Gasteiger partial charge in [0.15, 0.2) is 0 Å². The van der Waals surface area contributed by atoms with Gasteiger partial charge in [-0.15, -0.1) is 0 Å². The minimum Gasteiger partial charge on any atom is -0.494 e. The van der Waals surface area contributed by atoms with E-state index >= 15 is 0 Å². The zero-order valence-corrected chi connectivity index (χ0v) is 18.5. The Morgan fingerprint density at radius 3 is 2.63 bits per heavy atom. The number of unbranched alkanes of at least 4 members (excludes halogenated alkanes) is 8. The molecule has 0 radical (unpaired) electrons. The number of aryl methyl sites for hydroxylation is 1. The highest BCUT2D eigenvalue weighted by Gasteiger charge is 2.31. The second-order valence-corrected chi connectivity index (χ2v) is 8.65. The van der Waals surface area contributed by atoms with Crippen molar-refractivity contribution in [3.63, 3.8) is 0 Å². The SMILES string of the molecule is CC1(CCCCCCCCC#N)CCc2cc(OCCCCCC(=O)O)ccc2O1. The van der Waals surface area contributed by atoms with Crippen molar-refractivity contribution in [1.29, 1.82) is 5.26 Å². The van der Waals surface area contributed by atoms with Crippen LogP contribution in [0.5, 0.6) is 11.5 Å². The van der Waals surface area contributed by atoms with Crippen LogP contribution in [0.15, 0.2) is 18.2 Å². The van der Waals surface area contributed by atoms with Gasteiger partial charge in [-0.1, -0.05) is 25.7 Å². The van der Waals surface area contributed by atoms with Gasteiger partial charge in [0.05, 0.1) is 12.7 Å². The molecule has 0 aliphatic carbocycles. The Bertz CT molecular complexity index is 697. The second-order valence-electron chi connectivity index (χ2n) is 8.65. The van der Waals surface area contributed by atoms with E-state index in [0.29, 0.717) is 19.4 Å². The van der Waals surface area contributed by atoms with Gasteiger partial charge in [-0.05, 0) is 82.1 Å². The fourth-order valence-electron chi connectivity index (χ4n) is 3.99. The van der Waals surface area contributed by atoms with Crippen molar-refractivity contribution < 1.29 is 19.4 Å². The molecule has 0 saturated carbocycles. The number of nitrogens with zero attached hydrogens (tertiary/aromatic N) is 1. The summed E-state index contributed by atoms with van der Waals surface area (Å²) in [4.78, 5) is 10.5. The standard InChI is InChI=1S/C25H37NO4/c1-25(16-9-5-3-2-4-6-10-18-26)17-15-21-20-22(13-14-23(21)30-25)29-19-11-7-8-12-24(27)28/h13-14,20H,2-12,15-17,19H2,1H3,(H,27,28). The number of nitriles is 1. The predicted molar refractivity (Wildman–Crippen MR) is 118 cm³/mol. The summed E-state index contributed by atoms with van der Waals surface area (Å²) >= 11 is 0. The van der Waals surface area contributed by atoms with Crippen LogP contribution < -0.4 is 9.47 Å². The molecule has 2 rings (SSSR count). The Morgan fingerprint density at radius 2 is 1.87 bits per heavy atom. The highest BCUT2D eigenvalue weighted by molar-refractivity contribution is 5.66. The highest BCUT2D eigenvalue weighted by atomic mass is 16.5. The normalized spacial score (nSPS) is 17.6. The Morgan fingerprint density at radius 1 is 1.13 bits per heavy atom. The minimum absolute atomic E-state index is 0.0830. The predicted octanol–water partition coefficient (Wildman–Crippen LogP) is 6.44. The first kappa shape index (κ1) is 24.1. The fraction of sp³-hybridized carbons (Fsp3) is 0.680. The first-order valence-electron chi connectivity index (χ1n) is 11.6. The first-order chi connectivity index (χ1) is 14.5. The summed E-state index contributed by atoms with van der Waals surface area (Å²) < 4.78 is 12.2. The monoisotopic (exact) mass is 415 g/mol. The number of ether oxygens (including phenoxy) is 2. The molecule has 1 aromatic carbocycles. The van der Waals surface area contributed by atoms with Gasteiger partial charge in [0, 0.05) is 12.8 Å². The van der Waals surface area contributed by atoms with E-state index in [0.717, 1.165) is 50.0 Å². The second kappa shape index (κ2) is 13.2. The number of carboxylic acid groups (broad SMARTS) is 1. The number of aliphatic carboxylic acids is 1. The van der Waals surface area contributed by atoms with Gasteiger partial charge < -0.3 is 14.6 Å². The summed E-state index contributed by atoms with van der Waals surface area (Å²) in [7, 11) is 0. The molecular formula is C25H37NO4. The zero-order valence-electron chi connectivity index (χ0n) is 18.5. The van der Waals surface area contributed by atoms with Crippen molar-refractivity contribution in [1.82, 2.24) is 0 Å². The van der Waals surface area contributed by atoms with Gasteiger partial charge in [-0.3, -0.25) is 4.79 Å². The Hall–Kier alpha value is -2.22. The van der Waals surface area contributed by atoms with E-state index in [9.17, 15) is 4.79 Å². The Kier molecular flexibility index (Phi) is 10.5. The summed E-state index contributed by atoms with van der Waals surface area (Å²) in [5.74, 6) is 1.12. The van der Waals surface area contributed by atoms with Crippen LogP contribution in [-0.4, -0.2) is 23.3 Å². The van der Waals surface area contributed by atoms with Gasteiger partial charge >= 0.3 is 5.97 Å². The molecule has 1 unspecified atom stereocenters. The molecule has 1 aliphatic heterocycles. The molecule has 1 atom stereocenters. The van der Waals surface area contributed by atoms with Gasteiger partial charge in [-0.25, -0.2) is 0 Å². The van der Waals surface area contributed by atoms with Crippen LogP contribution in [0.2, 0.25) is 0 Å². The van der Waals surface area contributed by atoms with E-state index < -0.39 is 5.97 Å². The van der Waals surface area contributed by atoms with Gasteiger partial charge in [0.2, 0.25) is 0 Å². The number of benzene rings is 1. The van der Waals surface area contributed by atoms with Crippen molar-refractivity contribution in [2.24, 2.45) is 0 Å². The topological polar surface area (TPSA) is 79.5 Å². The molecule has 166 valence electrons. The molecular weight excluding hydrogens is 378 g/mol. The molecule has 30 heavy (non-hydrogen) atoms. The maximum absolute atomic E-state index is 10.5. The van der Waals surface area contributed by atoms with E-state index in [4.69, 9.17) is 19.8 Å². The molecule has 0 aromatic heterocycles. The van der Waals surface area contributed by atoms with Gasteiger partial charge in [-0.2, -0.15) is 5.26 Å². The largest absolute Gasteiger partial charge is 0.494 e. The maximum Gasteiger partial charge on any atom is 0.303 e. The lowest BCUT2D eigenvalue weighted by atomic mass is 9.88. The lowest BCUT2D eigenvalue weighted by molar-refractivity contribution is -0.137. The van der Waals surface area contributed by atoms with Gasteiger partial charge in [0.1, 0.15) is 17.1 Å². The van der Waals surface area contributed by atoms with Crippen LogP contribution in [0.3, 0.4) is 0 Å². The van der Waals surface area contributed by atoms with Crippen molar-refractivity contribution in [2.45, 2.75) is 102 Å². The van der Waals surface area contributed by atoms with Crippen LogP contribution >= 0.6 is 0 Å². The van der Waals surface area contributed by atoms with Crippen molar-refractivity contribution in [2.75, 3.05) is 6.61 Å². The molecule has 0 spiro atoms. The van der Waals surface area contributed by atoms with E-state index in [1.807, 2.05) is 12.1 Å². The van der Waals surface area contributed by atoms with Crippen molar-refractivity contribution >= 4 is 5.97 Å². The van der Waals surface area contributed by atoms with Crippen molar-refractivity contribution in [3.05, 3.63) is 23.8 Å². The fourth-order valence-corrected chi connectivity index (χ4v) is 3.99. The molecule has 5 heteroatoms. The van der Waals surface area contributed by atoms with Crippen LogP contribution in [0.25, 0.3) is 0 Å². The third kappa shape index (κ3) is 9.07. The van der Waals surface area contributed by atoms with E-state index in [2.05, 4.69) is 19.1 Å². The Labute approximate surface area is 181 Å². The lowest BCUT2D eigenvalue weighted by Crippen LogP contribution is -2.36. The molecule has 1 aliphatic rings. The summed E-state index contributed by atoms with van der Waals surface area (Å²) in [5, 5.41) is 17.2. The van der Waals surface area contributed by atoms with E-state index in [1.54, 1.807) is 0 Å². The summed E-state index contributed by atoms with van der Waals surface area (Å²) in [6.07, 6.45) is 13.6. The van der Waals surface area contributed by atoms with Crippen molar-refractivity contribution in [3.8, 4) is 17.6 Å². The molecule has 1 heterocycles. The zero-order chi connectivity index (χ0) is 21.7. The molecule has 0 fully saturated rings. The summed E-state index contributed by atoms with van der Waals surface area (Å²) in [6, 6.07) is 8.30. The lowest BCUT2D eigenvalue weighted by Gasteiger charge is -2.36. The number of rotatable bonds is 15. The number of hydrogen-bond acceptors (Lipinski definition) is 4. The molecule has 1 aromatic rings. The number of hydrogen-bond donors (Lipinski definition) is 1. The number of carbonyl (C=O) groups is 1. The summed E-state index contributed by atoms with van der Waals surface area (Å²) in [5.41, 5.74) is 1.13. The quantitative estimate of drug-likeness (QED) is 0.333. The van der Waals surface area contributed by atoms with Crippen LogP contribution in [0.1, 0.15) is 96.0 Å². The minimum atomic E-state index is -0.732. The average Bonchev–Trinajstić information content (AvgIpc) is 2.72. The third-order valence-electron chi connectivity index (χ3n) is 5.86. The third-order valence-corrected chi connectivity index (χ3v) is 5.86. The first-order valence-corrected chi connectivity index (χ1v) is 11.6. The number of fused-ring (bicyclic) bond motifs is 1. The maximum atomic E-state index is 10.5. The molecule has 5 nitrogen and oxygen atoms in total. The van der Waals surface area contributed by atoms with Gasteiger partial charge in [0.25, 0.3) is 0 Å². The molecule has 0 bridgehead atoms. The van der Waals surface area contributed by atoms with Crippen LogP contribution in [0.4, 0.5) is 0 Å². The molecule has 0 amide bonds. The van der Waals surface area contributed by atoms with E-state index in [-0.39, 0.29) is 12.0 Å². The Balaban J connectivity index is 1.66. The van der Waals surface area contributed by atoms with E-state index in [1.165, 1.54) is 37.7 Å². The summed E-state index contributed by atoms with van der Waals surface area (Å²) in [6.45, 7) is 2.85. The number of carboxylic acids is 1.